The molecular formula is C19H15ClN6O5. The maximum absolute atomic E-state index is 12.6. The molecule has 0 saturated carbocycles. The lowest BCUT2D eigenvalue weighted by Gasteiger charge is -2.12. The van der Waals surface area contributed by atoms with Crippen molar-refractivity contribution in [3.8, 4) is 17.1 Å². The van der Waals surface area contributed by atoms with Crippen LogP contribution in [0.5, 0.6) is 5.75 Å². The molecule has 4 rings (SSSR count). The van der Waals surface area contributed by atoms with Gasteiger partial charge in [0, 0.05) is 16.7 Å². The van der Waals surface area contributed by atoms with Crippen molar-refractivity contribution < 1.29 is 19.2 Å². The highest BCUT2D eigenvalue weighted by Gasteiger charge is 2.35. The molecule has 0 saturated heterocycles. The highest BCUT2D eigenvalue weighted by Crippen LogP contribution is 2.31. The molecule has 0 fully saturated rings. The van der Waals surface area contributed by atoms with Gasteiger partial charge in [-0.15, -0.1) is 5.10 Å². The number of non-ortho nitro benzene ring substituents is 1. The smallest absolute Gasteiger partial charge is 0.273 e. The van der Waals surface area contributed by atoms with Crippen LogP contribution in [-0.2, 0) is 9.59 Å². The highest BCUT2D eigenvalue weighted by molar-refractivity contribution is 6.30. The van der Waals surface area contributed by atoms with E-state index in [2.05, 4.69) is 20.7 Å². The van der Waals surface area contributed by atoms with Gasteiger partial charge < -0.3 is 10.1 Å². The summed E-state index contributed by atoms with van der Waals surface area (Å²) in [4.78, 5) is 39.5. The van der Waals surface area contributed by atoms with E-state index in [1.807, 2.05) is 0 Å². The molecule has 2 aromatic carbocycles. The van der Waals surface area contributed by atoms with Gasteiger partial charge in [-0.1, -0.05) is 11.6 Å². The summed E-state index contributed by atoms with van der Waals surface area (Å²) < 4.78 is 6.47. The Balaban J connectivity index is 1.51. The van der Waals surface area contributed by atoms with Gasteiger partial charge in [0.1, 0.15) is 11.8 Å². The van der Waals surface area contributed by atoms with E-state index < -0.39 is 22.8 Å². The van der Waals surface area contributed by atoms with Gasteiger partial charge in [0.05, 0.1) is 30.2 Å². The molecule has 31 heavy (non-hydrogen) atoms. The monoisotopic (exact) mass is 442 g/mol. The van der Waals surface area contributed by atoms with Crippen LogP contribution < -0.4 is 15.4 Å². The molecule has 12 heteroatoms. The Hall–Kier alpha value is -3.99. The fourth-order valence-corrected chi connectivity index (χ4v) is 3.23. The van der Waals surface area contributed by atoms with Gasteiger partial charge in [0.15, 0.2) is 5.82 Å². The summed E-state index contributed by atoms with van der Waals surface area (Å²) in [5, 5.41) is 21.0. The average Bonchev–Trinajstić information content (AvgIpc) is 3.27. The van der Waals surface area contributed by atoms with E-state index >= 15 is 0 Å². The first-order chi connectivity index (χ1) is 14.9. The van der Waals surface area contributed by atoms with Crippen molar-refractivity contribution in [2.24, 2.45) is 0 Å². The second-order valence-electron chi connectivity index (χ2n) is 6.61. The van der Waals surface area contributed by atoms with Crippen molar-refractivity contribution in [3.63, 3.8) is 0 Å². The fraction of sp³-hybridized carbons (Fsp3) is 0.158. The normalized spacial score (nSPS) is 14.6. The molecule has 1 aliphatic heterocycles. The van der Waals surface area contributed by atoms with Crippen molar-refractivity contribution in [2.45, 2.75) is 12.5 Å². The van der Waals surface area contributed by atoms with Gasteiger partial charge in [-0.3, -0.25) is 25.0 Å². The van der Waals surface area contributed by atoms with E-state index in [0.29, 0.717) is 16.4 Å². The number of methoxy groups -OCH3 is 1. The SMILES string of the molecule is COc1cc([N+](=O)[O-])ccc1NC(=O)CC1C(=O)Nc2nc(-c3ccc(Cl)cc3)nn21. The average molecular weight is 443 g/mol. The highest BCUT2D eigenvalue weighted by atomic mass is 35.5. The van der Waals surface area contributed by atoms with Crippen LogP contribution in [0.15, 0.2) is 42.5 Å². The van der Waals surface area contributed by atoms with E-state index in [-0.39, 0.29) is 29.5 Å². The van der Waals surface area contributed by atoms with E-state index in [9.17, 15) is 19.7 Å². The number of hydrogen-bond acceptors (Lipinski definition) is 7. The van der Waals surface area contributed by atoms with Gasteiger partial charge in [0.25, 0.3) is 11.6 Å². The number of benzene rings is 2. The number of fused-ring (bicyclic) bond motifs is 1. The predicted octanol–water partition coefficient (Wildman–Crippen LogP) is 3.04. The van der Waals surface area contributed by atoms with Gasteiger partial charge in [-0.05, 0) is 30.3 Å². The Morgan fingerprint density at radius 1 is 1.32 bits per heavy atom. The molecule has 0 radical (unpaired) electrons. The number of ether oxygens (including phenoxy) is 1. The first-order valence-corrected chi connectivity index (χ1v) is 9.39. The number of anilines is 2. The molecule has 2 N–H and O–H groups in total. The van der Waals surface area contributed by atoms with E-state index in [4.69, 9.17) is 16.3 Å². The first kappa shape index (κ1) is 20.3. The van der Waals surface area contributed by atoms with Crippen molar-refractivity contribution in [1.29, 1.82) is 0 Å². The van der Waals surface area contributed by atoms with Crippen molar-refractivity contribution in [1.82, 2.24) is 14.8 Å². The zero-order valence-corrected chi connectivity index (χ0v) is 16.8. The van der Waals surface area contributed by atoms with Gasteiger partial charge in [0.2, 0.25) is 11.9 Å². The summed E-state index contributed by atoms with van der Waals surface area (Å²) in [5.41, 5.74) is 0.781. The summed E-state index contributed by atoms with van der Waals surface area (Å²) in [7, 11) is 1.33. The van der Waals surface area contributed by atoms with Crippen LogP contribution in [0, 0.1) is 10.1 Å². The topological polar surface area (TPSA) is 141 Å². The molecule has 11 nitrogen and oxygen atoms in total. The van der Waals surface area contributed by atoms with Crippen LogP contribution >= 0.6 is 11.6 Å². The lowest BCUT2D eigenvalue weighted by molar-refractivity contribution is -0.384. The lowest BCUT2D eigenvalue weighted by atomic mass is 10.2. The number of nitrogens with zero attached hydrogens (tertiary/aromatic N) is 4. The third-order valence-corrected chi connectivity index (χ3v) is 4.87. The number of nitro groups is 1. The zero-order chi connectivity index (χ0) is 22.1. The number of nitrogens with one attached hydrogen (secondary N) is 2. The number of nitro benzene ring substituents is 1. The molecule has 3 aromatic rings. The maximum Gasteiger partial charge on any atom is 0.273 e. The van der Waals surface area contributed by atoms with Crippen LogP contribution in [0.2, 0.25) is 5.02 Å². The Kier molecular flexibility index (Phi) is 5.26. The molecule has 2 heterocycles. The van der Waals surface area contributed by atoms with Crippen LogP contribution in [0.3, 0.4) is 0 Å². The van der Waals surface area contributed by atoms with Crippen LogP contribution in [0.1, 0.15) is 12.5 Å². The third-order valence-electron chi connectivity index (χ3n) is 4.62. The number of aromatic nitrogens is 3. The summed E-state index contributed by atoms with van der Waals surface area (Å²) >= 11 is 5.90. The molecule has 1 aliphatic rings. The van der Waals surface area contributed by atoms with Crippen LogP contribution in [0.25, 0.3) is 11.4 Å². The maximum atomic E-state index is 12.6. The molecule has 1 atom stereocenters. The number of halogens is 1. The zero-order valence-electron chi connectivity index (χ0n) is 16.0. The number of amides is 2. The Morgan fingerprint density at radius 2 is 2.06 bits per heavy atom. The summed E-state index contributed by atoms with van der Waals surface area (Å²) in [6, 6.07) is 9.81. The van der Waals surface area contributed by atoms with Crippen molar-refractivity contribution in [3.05, 3.63) is 57.6 Å². The summed E-state index contributed by atoms with van der Waals surface area (Å²) in [6.45, 7) is 0. The minimum atomic E-state index is -0.896. The van der Waals surface area contributed by atoms with Gasteiger partial charge >= 0.3 is 0 Å². The molecule has 1 aromatic heterocycles. The molecule has 2 amide bonds. The second kappa shape index (κ2) is 8.03. The van der Waals surface area contributed by atoms with Crippen molar-refractivity contribution in [2.75, 3.05) is 17.7 Å². The van der Waals surface area contributed by atoms with Crippen molar-refractivity contribution >= 4 is 40.7 Å². The third kappa shape index (κ3) is 4.03. The molecule has 1 unspecified atom stereocenters. The molecule has 0 aliphatic carbocycles. The van der Waals surface area contributed by atoms with Gasteiger partial charge in [-0.25, -0.2) is 4.68 Å². The molecule has 0 bridgehead atoms. The molecule has 0 spiro atoms. The van der Waals surface area contributed by atoms with E-state index in [1.54, 1.807) is 24.3 Å². The number of hydrogen-bond donors (Lipinski definition) is 2. The predicted molar refractivity (Wildman–Crippen MR) is 111 cm³/mol. The minimum Gasteiger partial charge on any atom is -0.494 e. The number of carbonyl (C=O) groups excluding carboxylic acids is 2. The standard InChI is InChI=1S/C19H15ClN6O5/c1-31-15-8-12(26(29)30)6-7-13(15)21-16(27)9-14-18(28)23-19-22-17(24-25(14)19)10-2-4-11(20)5-3-10/h2-8,14H,9H2,1H3,(H,21,27)(H,22,23,24,28). The fourth-order valence-electron chi connectivity index (χ4n) is 3.10. The molecular weight excluding hydrogens is 428 g/mol. The Labute approximate surface area is 180 Å². The second-order valence-corrected chi connectivity index (χ2v) is 7.05. The van der Waals surface area contributed by atoms with Crippen LogP contribution in [0.4, 0.5) is 17.3 Å². The summed E-state index contributed by atoms with van der Waals surface area (Å²) in [5.74, 6) is -0.160. The van der Waals surface area contributed by atoms with Gasteiger partial charge in [-0.2, -0.15) is 4.98 Å². The summed E-state index contributed by atoms with van der Waals surface area (Å²) in [6.07, 6.45) is -0.220. The van der Waals surface area contributed by atoms with E-state index in [1.165, 1.54) is 30.0 Å². The lowest BCUT2D eigenvalue weighted by Crippen LogP contribution is -2.24. The molecule has 158 valence electrons. The van der Waals surface area contributed by atoms with Crippen LogP contribution in [-0.4, -0.2) is 38.6 Å². The number of carbonyl (C=O) groups is 2. The quantitative estimate of drug-likeness (QED) is 0.441. The minimum absolute atomic E-state index is 0.130. The Morgan fingerprint density at radius 3 is 2.74 bits per heavy atom. The van der Waals surface area contributed by atoms with E-state index in [0.717, 1.165) is 0 Å². The first-order valence-electron chi connectivity index (χ1n) is 9.01. The Bertz CT molecular complexity index is 1190. The largest absolute Gasteiger partial charge is 0.494 e. The number of rotatable bonds is 6.